The van der Waals surface area contributed by atoms with Crippen molar-refractivity contribution in [1.29, 1.82) is 5.26 Å². The lowest BCUT2D eigenvalue weighted by atomic mass is 10.0. The summed E-state index contributed by atoms with van der Waals surface area (Å²) in [6.45, 7) is 0. The van der Waals surface area contributed by atoms with Gasteiger partial charge in [-0.3, -0.25) is 0 Å². The van der Waals surface area contributed by atoms with Gasteiger partial charge in [0.1, 0.15) is 6.10 Å². The van der Waals surface area contributed by atoms with Crippen molar-refractivity contribution in [3.05, 3.63) is 70.2 Å². The highest BCUT2D eigenvalue weighted by Gasteiger charge is 2.10. The van der Waals surface area contributed by atoms with Crippen molar-refractivity contribution >= 4 is 11.6 Å². The van der Waals surface area contributed by atoms with E-state index >= 15 is 0 Å². The van der Waals surface area contributed by atoms with Crippen molar-refractivity contribution in [2.75, 3.05) is 0 Å². The van der Waals surface area contributed by atoms with E-state index in [1.54, 1.807) is 48.5 Å². The summed E-state index contributed by atoms with van der Waals surface area (Å²) in [4.78, 5) is 0. The first-order chi connectivity index (χ1) is 8.20. The van der Waals surface area contributed by atoms with Crippen LogP contribution in [-0.2, 0) is 0 Å². The Labute approximate surface area is 105 Å². The number of rotatable bonds is 2. The van der Waals surface area contributed by atoms with Gasteiger partial charge in [0.15, 0.2) is 0 Å². The average molecular weight is 244 g/mol. The van der Waals surface area contributed by atoms with Crippen molar-refractivity contribution in [3.8, 4) is 6.07 Å². The van der Waals surface area contributed by atoms with Gasteiger partial charge in [-0.05, 0) is 35.4 Å². The van der Waals surface area contributed by atoms with Crippen LogP contribution in [0.25, 0.3) is 0 Å². The average Bonchev–Trinajstić information content (AvgIpc) is 2.38. The van der Waals surface area contributed by atoms with E-state index in [0.717, 1.165) is 0 Å². The van der Waals surface area contributed by atoms with Gasteiger partial charge in [-0.25, -0.2) is 0 Å². The quantitative estimate of drug-likeness (QED) is 0.880. The fourth-order valence-electron chi connectivity index (χ4n) is 1.65. The van der Waals surface area contributed by atoms with Crippen molar-refractivity contribution < 1.29 is 5.11 Å². The van der Waals surface area contributed by atoms with Crippen LogP contribution < -0.4 is 0 Å². The van der Waals surface area contributed by atoms with Crippen molar-refractivity contribution in [2.45, 2.75) is 6.10 Å². The molecule has 0 aromatic heterocycles. The topological polar surface area (TPSA) is 44.0 Å². The van der Waals surface area contributed by atoms with Gasteiger partial charge in [0, 0.05) is 5.02 Å². The van der Waals surface area contributed by atoms with E-state index in [-0.39, 0.29) is 0 Å². The molecule has 0 bridgehead atoms. The Morgan fingerprint density at radius 2 is 1.71 bits per heavy atom. The highest BCUT2D eigenvalue weighted by molar-refractivity contribution is 6.30. The maximum absolute atomic E-state index is 10.2. The predicted octanol–water partition coefficient (Wildman–Crippen LogP) is 3.29. The van der Waals surface area contributed by atoms with E-state index in [2.05, 4.69) is 0 Å². The van der Waals surface area contributed by atoms with Gasteiger partial charge >= 0.3 is 0 Å². The van der Waals surface area contributed by atoms with E-state index in [1.165, 1.54) is 0 Å². The molecule has 0 aliphatic rings. The van der Waals surface area contributed by atoms with Crippen molar-refractivity contribution in [2.24, 2.45) is 0 Å². The summed E-state index contributed by atoms with van der Waals surface area (Å²) >= 11 is 5.87. The van der Waals surface area contributed by atoms with Gasteiger partial charge in [0.05, 0.1) is 11.6 Å². The van der Waals surface area contributed by atoms with Gasteiger partial charge in [-0.1, -0.05) is 35.9 Å². The molecule has 0 saturated carbocycles. The number of nitrogens with zero attached hydrogens (tertiary/aromatic N) is 1. The van der Waals surface area contributed by atoms with E-state index in [4.69, 9.17) is 16.9 Å². The Kier molecular flexibility index (Phi) is 3.43. The lowest BCUT2D eigenvalue weighted by Gasteiger charge is -2.11. The largest absolute Gasteiger partial charge is 0.384 e. The third-order valence-corrected chi connectivity index (χ3v) is 2.73. The lowest BCUT2D eigenvalue weighted by Crippen LogP contribution is -1.99. The monoisotopic (exact) mass is 243 g/mol. The van der Waals surface area contributed by atoms with Gasteiger partial charge in [0.2, 0.25) is 0 Å². The number of halogens is 1. The minimum absolute atomic E-state index is 0.531. The Morgan fingerprint density at radius 3 is 2.35 bits per heavy atom. The molecule has 0 aliphatic carbocycles. The molecule has 84 valence electrons. The molecule has 0 radical (unpaired) electrons. The SMILES string of the molecule is N#Cc1cccc(C(O)c2cccc(Cl)c2)c1. The number of aliphatic hydroxyl groups is 1. The molecule has 0 heterocycles. The van der Waals surface area contributed by atoms with Gasteiger partial charge in [-0.2, -0.15) is 5.26 Å². The predicted molar refractivity (Wildman–Crippen MR) is 66.7 cm³/mol. The zero-order valence-electron chi connectivity index (χ0n) is 8.97. The summed E-state index contributed by atoms with van der Waals surface area (Å²) in [6, 6.07) is 16.0. The van der Waals surface area contributed by atoms with Gasteiger partial charge in [0.25, 0.3) is 0 Å². The smallest absolute Gasteiger partial charge is 0.104 e. The number of benzene rings is 2. The van der Waals surface area contributed by atoms with Crippen LogP contribution in [0, 0.1) is 11.3 Å². The normalized spacial score (nSPS) is 11.8. The van der Waals surface area contributed by atoms with Crippen LogP contribution in [0.4, 0.5) is 0 Å². The molecule has 1 N–H and O–H groups in total. The second-order valence-corrected chi connectivity index (χ2v) is 4.13. The number of hydrogen-bond acceptors (Lipinski definition) is 2. The number of hydrogen-bond donors (Lipinski definition) is 1. The van der Waals surface area contributed by atoms with Crippen LogP contribution >= 0.6 is 11.6 Å². The molecule has 2 rings (SSSR count). The molecule has 2 aromatic rings. The molecule has 0 fully saturated rings. The summed E-state index contributed by atoms with van der Waals surface area (Å²) < 4.78 is 0. The molecular formula is C14H10ClNO. The molecular weight excluding hydrogens is 234 g/mol. The van der Waals surface area contributed by atoms with Crippen molar-refractivity contribution in [1.82, 2.24) is 0 Å². The first kappa shape index (κ1) is 11.7. The second kappa shape index (κ2) is 5.01. The van der Waals surface area contributed by atoms with Crippen molar-refractivity contribution in [3.63, 3.8) is 0 Å². The van der Waals surface area contributed by atoms with Crippen LogP contribution in [-0.4, -0.2) is 5.11 Å². The fraction of sp³-hybridized carbons (Fsp3) is 0.0714. The standard InChI is InChI=1S/C14H10ClNO/c15-13-6-2-5-12(8-13)14(17)11-4-1-3-10(7-11)9-16/h1-8,14,17H. The fourth-order valence-corrected chi connectivity index (χ4v) is 1.85. The summed E-state index contributed by atoms with van der Waals surface area (Å²) in [6.07, 6.45) is -0.762. The van der Waals surface area contributed by atoms with E-state index in [9.17, 15) is 5.11 Å². The molecule has 17 heavy (non-hydrogen) atoms. The summed E-state index contributed by atoms with van der Waals surface area (Å²) in [7, 11) is 0. The summed E-state index contributed by atoms with van der Waals surface area (Å²) in [5.41, 5.74) is 1.93. The molecule has 2 nitrogen and oxygen atoms in total. The van der Waals surface area contributed by atoms with Crippen LogP contribution in [0.5, 0.6) is 0 Å². The van der Waals surface area contributed by atoms with Crippen LogP contribution in [0.15, 0.2) is 48.5 Å². The van der Waals surface area contributed by atoms with E-state index in [1.807, 2.05) is 6.07 Å². The first-order valence-electron chi connectivity index (χ1n) is 5.14. The number of nitriles is 1. The highest BCUT2D eigenvalue weighted by Crippen LogP contribution is 2.24. The van der Waals surface area contributed by atoms with E-state index in [0.29, 0.717) is 21.7 Å². The maximum Gasteiger partial charge on any atom is 0.104 e. The summed E-state index contributed by atoms with van der Waals surface area (Å²) in [5, 5.41) is 19.6. The molecule has 2 aromatic carbocycles. The zero-order chi connectivity index (χ0) is 12.3. The van der Waals surface area contributed by atoms with Gasteiger partial charge in [-0.15, -0.1) is 0 Å². The molecule has 3 heteroatoms. The molecule has 0 spiro atoms. The first-order valence-corrected chi connectivity index (χ1v) is 5.52. The van der Waals surface area contributed by atoms with Crippen LogP contribution in [0.3, 0.4) is 0 Å². The Hall–Kier alpha value is -1.82. The third kappa shape index (κ3) is 2.65. The molecule has 0 aliphatic heterocycles. The zero-order valence-corrected chi connectivity index (χ0v) is 9.72. The Morgan fingerprint density at radius 1 is 1.06 bits per heavy atom. The second-order valence-electron chi connectivity index (χ2n) is 3.69. The minimum Gasteiger partial charge on any atom is -0.384 e. The molecule has 1 unspecified atom stereocenters. The van der Waals surface area contributed by atoms with Crippen LogP contribution in [0.1, 0.15) is 22.8 Å². The van der Waals surface area contributed by atoms with Gasteiger partial charge < -0.3 is 5.11 Å². The Balaban J connectivity index is 2.37. The summed E-state index contributed by atoms with van der Waals surface area (Å²) in [5.74, 6) is 0. The lowest BCUT2D eigenvalue weighted by molar-refractivity contribution is 0.220. The maximum atomic E-state index is 10.2. The minimum atomic E-state index is -0.762. The molecule has 0 saturated heterocycles. The highest BCUT2D eigenvalue weighted by atomic mass is 35.5. The van der Waals surface area contributed by atoms with Crippen LogP contribution in [0.2, 0.25) is 5.02 Å². The van der Waals surface area contributed by atoms with E-state index < -0.39 is 6.10 Å². The third-order valence-electron chi connectivity index (χ3n) is 2.50. The number of aliphatic hydroxyl groups excluding tert-OH is 1. The molecule has 1 atom stereocenters. The Bertz CT molecular complexity index is 574. The molecule has 0 amide bonds.